The third-order valence-electron chi connectivity index (χ3n) is 4.27. The van der Waals surface area contributed by atoms with Gasteiger partial charge >= 0.3 is 0 Å². The molecule has 24 heavy (non-hydrogen) atoms. The number of amides is 1. The van der Waals surface area contributed by atoms with Crippen LogP contribution in [0.2, 0.25) is 0 Å². The molecule has 1 aromatic carbocycles. The number of hydrogen-bond donors (Lipinski definition) is 2. The fourth-order valence-electron chi connectivity index (χ4n) is 3.05. The smallest absolute Gasteiger partial charge is 0.274 e. The Labute approximate surface area is 143 Å². The van der Waals surface area contributed by atoms with Crippen LogP contribution in [0.15, 0.2) is 47.3 Å². The van der Waals surface area contributed by atoms with Gasteiger partial charge in [0.05, 0.1) is 17.9 Å². The average Bonchev–Trinajstić information content (AvgIpc) is 3.26. The van der Waals surface area contributed by atoms with Gasteiger partial charge < -0.3 is 11.1 Å². The highest BCUT2D eigenvalue weighted by atomic mass is 32.1. The molecule has 1 amide bonds. The van der Waals surface area contributed by atoms with Crippen LogP contribution in [0.4, 0.5) is 5.82 Å². The maximum atomic E-state index is 12.7. The summed E-state index contributed by atoms with van der Waals surface area (Å²) in [6, 6.07) is 10.1. The van der Waals surface area contributed by atoms with Crippen LogP contribution in [0.5, 0.6) is 0 Å². The number of nitrogens with two attached hydrogens (primary N) is 1. The molecule has 6 heteroatoms. The molecule has 4 rings (SSSR count). The Morgan fingerprint density at radius 3 is 3.00 bits per heavy atom. The van der Waals surface area contributed by atoms with Gasteiger partial charge in [-0.1, -0.05) is 24.3 Å². The normalized spacial score (nSPS) is 15.9. The molecule has 2 aromatic heterocycles. The van der Waals surface area contributed by atoms with E-state index in [9.17, 15) is 4.79 Å². The van der Waals surface area contributed by atoms with E-state index in [0.717, 1.165) is 18.4 Å². The van der Waals surface area contributed by atoms with Crippen LogP contribution in [0.25, 0.3) is 11.3 Å². The summed E-state index contributed by atoms with van der Waals surface area (Å²) in [4.78, 5) is 21.2. The van der Waals surface area contributed by atoms with E-state index in [0.29, 0.717) is 5.69 Å². The highest BCUT2D eigenvalue weighted by Gasteiger charge is 2.25. The van der Waals surface area contributed by atoms with Crippen molar-refractivity contribution in [2.24, 2.45) is 0 Å². The molecule has 0 aliphatic heterocycles. The molecule has 3 aromatic rings. The standard InChI is InChI=1S/C18H16N4OS/c19-17-16(21-15(9-20-17)12-7-8-24-10-12)18(23)22-14-6-5-11-3-1-2-4-13(11)14/h1-4,7-10,14H,5-6H2,(H2,19,20)(H,22,23)/t14-/m1/s1. The number of thiophene rings is 1. The second kappa shape index (κ2) is 6.05. The Kier molecular flexibility index (Phi) is 3.74. The SMILES string of the molecule is Nc1ncc(-c2ccsc2)nc1C(=O)N[C@@H]1CCc2ccccc21. The predicted octanol–water partition coefficient (Wildman–Crippen LogP) is 3.20. The summed E-state index contributed by atoms with van der Waals surface area (Å²) in [6.07, 6.45) is 3.46. The van der Waals surface area contributed by atoms with Gasteiger partial charge in [-0.05, 0) is 35.4 Å². The summed E-state index contributed by atoms with van der Waals surface area (Å²) in [7, 11) is 0. The molecule has 0 fully saturated rings. The number of nitrogens with zero attached hydrogens (tertiary/aromatic N) is 2. The Balaban J connectivity index is 1.60. The molecular formula is C18H16N4OS. The summed E-state index contributed by atoms with van der Waals surface area (Å²) < 4.78 is 0. The first-order valence-corrected chi connectivity index (χ1v) is 8.70. The van der Waals surface area contributed by atoms with E-state index in [1.165, 1.54) is 11.1 Å². The van der Waals surface area contributed by atoms with E-state index in [-0.39, 0.29) is 23.5 Å². The molecule has 0 radical (unpaired) electrons. The minimum atomic E-state index is -0.279. The summed E-state index contributed by atoms with van der Waals surface area (Å²) >= 11 is 1.57. The molecule has 2 heterocycles. The van der Waals surface area contributed by atoms with Crippen LogP contribution in [-0.2, 0) is 6.42 Å². The van der Waals surface area contributed by atoms with Crippen LogP contribution >= 0.6 is 11.3 Å². The largest absolute Gasteiger partial charge is 0.382 e. The number of rotatable bonds is 3. The molecule has 1 aliphatic rings. The van der Waals surface area contributed by atoms with Gasteiger partial charge in [0, 0.05) is 10.9 Å². The van der Waals surface area contributed by atoms with E-state index < -0.39 is 0 Å². The molecule has 3 N–H and O–H groups in total. The van der Waals surface area contributed by atoms with Gasteiger partial charge in [-0.3, -0.25) is 4.79 Å². The number of benzene rings is 1. The first-order chi connectivity index (χ1) is 11.7. The highest BCUT2D eigenvalue weighted by Crippen LogP contribution is 2.31. The van der Waals surface area contributed by atoms with E-state index in [1.807, 2.05) is 29.0 Å². The lowest BCUT2D eigenvalue weighted by Crippen LogP contribution is -2.29. The fraction of sp³-hybridized carbons (Fsp3) is 0.167. The average molecular weight is 336 g/mol. The molecule has 5 nitrogen and oxygen atoms in total. The van der Waals surface area contributed by atoms with Crippen LogP contribution in [0.1, 0.15) is 34.1 Å². The first-order valence-electron chi connectivity index (χ1n) is 7.76. The van der Waals surface area contributed by atoms with Crippen LogP contribution in [-0.4, -0.2) is 15.9 Å². The van der Waals surface area contributed by atoms with Gasteiger partial charge in [-0.2, -0.15) is 11.3 Å². The second-order valence-electron chi connectivity index (χ2n) is 5.76. The summed E-state index contributed by atoms with van der Waals surface area (Å²) in [5, 5.41) is 6.97. The van der Waals surface area contributed by atoms with Crippen molar-refractivity contribution in [1.29, 1.82) is 0 Å². The number of aryl methyl sites for hydroxylation is 1. The van der Waals surface area contributed by atoms with E-state index in [1.54, 1.807) is 17.5 Å². The number of nitrogens with one attached hydrogen (secondary N) is 1. The zero-order valence-corrected chi connectivity index (χ0v) is 13.7. The van der Waals surface area contributed by atoms with Crippen molar-refractivity contribution in [2.75, 3.05) is 5.73 Å². The van der Waals surface area contributed by atoms with Crippen molar-refractivity contribution in [2.45, 2.75) is 18.9 Å². The van der Waals surface area contributed by atoms with Crippen LogP contribution < -0.4 is 11.1 Å². The molecular weight excluding hydrogens is 320 g/mol. The lowest BCUT2D eigenvalue weighted by molar-refractivity contribution is 0.0932. The molecule has 0 unspecified atom stereocenters. The molecule has 0 saturated heterocycles. The predicted molar refractivity (Wildman–Crippen MR) is 94.7 cm³/mol. The Morgan fingerprint density at radius 1 is 1.29 bits per heavy atom. The Hall–Kier alpha value is -2.73. The molecule has 1 atom stereocenters. The van der Waals surface area contributed by atoms with Crippen molar-refractivity contribution in [3.8, 4) is 11.3 Å². The quantitative estimate of drug-likeness (QED) is 0.769. The number of carbonyl (C=O) groups excluding carboxylic acids is 1. The zero-order valence-electron chi connectivity index (χ0n) is 12.9. The lowest BCUT2D eigenvalue weighted by Gasteiger charge is -2.14. The number of anilines is 1. The molecule has 0 spiro atoms. The Morgan fingerprint density at radius 2 is 2.17 bits per heavy atom. The van der Waals surface area contributed by atoms with Crippen molar-refractivity contribution in [3.63, 3.8) is 0 Å². The van der Waals surface area contributed by atoms with E-state index >= 15 is 0 Å². The third-order valence-corrected chi connectivity index (χ3v) is 4.95. The zero-order chi connectivity index (χ0) is 16.5. The number of fused-ring (bicyclic) bond motifs is 1. The molecule has 0 bridgehead atoms. The summed E-state index contributed by atoms with van der Waals surface area (Å²) in [5.41, 5.74) is 10.1. The highest BCUT2D eigenvalue weighted by molar-refractivity contribution is 7.08. The topological polar surface area (TPSA) is 80.9 Å². The van der Waals surface area contributed by atoms with Crippen molar-refractivity contribution >= 4 is 23.1 Å². The number of aromatic nitrogens is 2. The summed E-state index contributed by atoms with van der Waals surface area (Å²) in [6.45, 7) is 0. The van der Waals surface area contributed by atoms with Crippen LogP contribution in [0.3, 0.4) is 0 Å². The monoisotopic (exact) mass is 336 g/mol. The van der Waals surface area contributed by atoms with Gasteiger partial charge in [0.25, 0.3) is 5.91 Å². The molecule has 0 saturated carbocycles. The first kappa shape index (κ1) is 14.8. The van der Waals surface area contributed by atoms with E-state index in [4.69, 9.17) is 5.73 Å². The summed E-state index contributed by atoms with van der Waals surface area (Å²) in [5.74, 6) is -0.128. The minimum absolute atomic E-state index is 0.000274. The fourth-order valence-corrected chi connectivity index (χ4v) is 3.70. The third kappa shape index (κ3) is 2.65. The minimum Gasteiger partial charge on any atom is -0.382 e. The van der Waals surface area contributed by atoms with Gasteiger partial charge in [0.2, 0.25) is 0 Å². The van der Waals surface area contributed by atoms with E-state index in [2.05, 4.69) is 27.4 Å². The maximum absolute atomic E-state index is 12.7. The number of nitrogen functional groups attached to an aromatic ring is 1. The van der Waals surface area contributed by atoms with Gasteiger partial charge in [-0.15, -0.1) is 0 Å². The number of hydrogen-bond acceptors (Lipinski definition) is 5. The van der Waals surface area contributed by atoms with Crippen molar-refractivity contribution in [1.82, 2.24) is 15.3 Å². The van der Waals surface area contributed by atoms with Crippen molar-refractivity contribution in [3.05, 3.63) is 64.1 Å². The van der Waals surface area contributed by atoms with Crippen LogP contribution in [0, 0.1) is 0 Å². The van der Waals surface area contributed by atoms with Gasteiger partial charge in [-0.25, -0.2) is 9.97 Å². The van der Waals surface area contributed by atoms with Crippen molar-refractivity contribution < 1.29 is 4.79 Å². The Bertz CT molecular complexity index is 892. The van der Waals surface area contributed by atoms with Gasteiger partial charge in [0.15, 0.2) is 11.5 Å². The lowest BCUT2D eigenvalue weighted by atomic mass is 10.1. The maximum Gasteiger partial charge on any atom is 0.274 e. The molecule has 1 aliphatic carbocycles. The number of carbonyl (C=O) groups is 1. The second-order valence-corrected chi connectivity index (χ2v) is 6.54. The van der Waals surface area contributed by atoms with Gasteiger partial charge in [0.1, 0.15) is 0 Å². The molecule has 120 valence electrons.